The number of aliphatic imine (C=N–C) groups is 1. The third-order valence-corrected chi connectivity index (χ3v) is 7.27. The van der Waals surface area contributed by atoms with Crippen LogP contribution in [-0.2, 0) is 14.6 Å². The van der Waals surface area contributed by atoms with Gasteiger partial charge in [0.25, 0.3) is 0 Å². The van der Waals surface area contributed by atoms with Crippen molar-refractivity contribution in [2.24, 2.45) is 16.8 Å². The predicted octanol–water partition coefficient (Wildman–Crippen LogP) is 1.33. The van der Waals surface area contributed by atoms with Gasteiger partial charge in [-0.1, -0.05) is 12.8 Å². The van der Waals surface area contributed by atoms with Gasteiger partial charge < -0.3 is 15.4 Å². The van der Waals surface area contributed by atoms with Gasteiger partial charge in [-0.05, 0) is 43.9 Å². The van der Waals surface area contributed by atoms with Crippen LogP contribution in [-0.4, -0.2) is 58.2 Å². The van der Waals surface area contributed by atoms with Crippen LogP contribution in [0.15, 0.2) is 4.99 Å². The lowest BCUT2D eigenvalue weighted by atomic mass is 10.0. The summed E-state index contributed by atoms with van der Waals surface area (Å²) < 4.78 is 28.6. The molecule has 0 amide bonds. The van der Waals surface area contributed by atoms with Crippen LogP contribution in [0.1, 0.15) is 44.9 Å². The van der Waals surface area contributed by atoms with Crippen molar-refractivity contribution in [2.75, 3.05) is 37.8 Å². The summed E-state index contributed by atoms with van der Waals surface area (Å²) in [5.41, 5.74) is 0. The third kappa shape index (κ3) is 5.62. The minimum atomic E-state index is -2.82. The van der Waals surface area contributed by atoms with Crippen molar-refractivity contribution >= 4 is 15.8 Å². The molecule has 3 fully saturated rings. The first-order valence-corrected chi connectivity index (χ1v) is 11.3. The normalized spacial score (nSPS) is 29.0. The Bertz CT molecular complexity index is 523. The molecule has 0 spiro atoms. The summed E-state index contributed by atoms with van der Waals surface area (Å²) in [5.74, 6) is 2.32. The highest BCUT2D eigenvalue weighted by atomic mass is 32.2. The maximum absolute atomic E-state index is 11.6. The molecule has 1 atom stereocenters. The number of ether oxygens (including phenoxy) is 1. The first-order chi connectivity index (χ1) is 11.6. The van der Waals surface area contributed by atoms with E-state index in [0.29, 0.717) is 30.0 Å². The summed E-state index contributed by atoms with van der Waals surface area (Å²) in [6, 6.07) is 0.512. The molecule has 3 rings (SSSR count). The summed E-state index contributed by atoms with van der Waals surface area (Å²) in [5, 5.41) is 7.05. The molecular formula is C17H31N3O3S. The fraction of sp³-hybridized carbons (Fsp3) is 0.941. The lowest BCUT2D eigenvalue weighted by Crippen LogP contribution is -2.45. The van der Waals surface area contributed by atoms with Crippen molar-refractivity contribution in [2.45, 2.75) is 51.0 Å². The SMILES string of the molecule is O=S1(=O)CCC(CN=C(NCC2CCOCC2)NC2CCCC2)C1. The highest BCUT2D eigenvalue weighted by Crippen LogP contribution is 2.20. The average Bonchev–Trinajstić information content (AvgIpc) is 3.20. The summed E-state index contributed by atoms with van der Waals surface area (Å²) in [7, 11) is -2.82. The fourth-order valence-electron chi connectivity index (χ4n) is 3.84. The van der Waals surface area contributed by atoms with Gasteiger partial charge in [0.05, 0.1) is 11.5 Å². The van der Waals surface area contributed by atoms with E-state index in [1.54, 1.807) is 0 Å². The second kappa shape index (κ2) is 8.52. The molecule has 138 valence electrons. The molecule has 2 aliphatic heterocycles. The Hall–Kier alpha value is -0.820. The fourth-order valence-corrected chi connectivity index (χ4v) is 5.69. The van der Waals surface area contributed by atoms with E-state index in [0.717, 1.165) is 45.0 Å². The Morgan fingerprint density at radius 1 is 1.04 bits per heavy atom. The zero-order chi connectivity index (χ0) is 16.8. The van der Waals surface area contributed by atoms with Crippen LogP contribution < -0.4 is 10.6 Å². The van der Waals surface area contributed by atoms with Crippen LogP contribution in [0.3, 0.4) is 0 Å². The van der Waals surface area contributed by atoms with Gasteiger partial charge in [-0.3, -0.25) is 4.99 Å². The topological polar surface area (TPSA) is 79.8 Å². The van der Waals surface area contributed by atoms with Gasteiger partial charge in [0.15, 0.2) is 15.8 Å². The van der Waals surface area contributed by atoms with Crippen LogP contribution in [0.2, 0.25) is 0 Å². The van der Waals surface area contributed by atoms with Gasteiger partial charge in [-0.2, -0.15) is 0 Å². The minimum Gasteiger partial charge on any atom is -0.381 e. The second-order valence-corrected chi connectivity index (χ2v) is 9.75. The molecule has 0 aromatic heterocycles. The lowest BCUT2D eigenvalue weighted by Gasteiger charge is -2.24. The van der Waals surface area contributed by atoms with Crippen LogP contribution in [0.25, 0.3) is 0 Å². The summed E-state index contributed by atoms with van der Waals surface area (Å²) in [4.78, 5) is 4.72. The molecule has 3 aliphatic rings. The average molecular weight is 358 g/mol. The van der Waals surface area contributed by atoms with E-state index in [1.807, 2.05) is 0 Å². The maximum atomic E-state index is 11.6. The quantitative estimate of drug-likeness (QED) is 0.573. The molecule has 0 radical (unpaired) electrons. The number of nitrogens with zero attached hydrogens (tertiary/aromatic N) is 1. The molecule has 1 unspecified atom stereocenters. The molecule has 24 heavy (non-hydrogen) atoms. The monoisotopic (exact) mass is 357 g/mol. The molecule has 0 aromatic carbocycles. The minimum absolute atomic E-state index is 0.181. The van der Waals surface area contributed by atoms with Crippen LogP contribution >= 0.6 is 0 Å². The predicted molar refractivity (Wildman–Crippen MR) is 96.0 cm³/mol. The first kappa shape index (κ1) is 18.0. The number of rotatable bonds is 5. The highest BCUT2D eigenvalue weighted by molar-refractivity contribution is 7.91. The number of sulfone groups is 1. The standard InChI is InChI=1S/C17H31N3O3S/c21-24(22)10-7-15(13-24)12-19-17(20-16-3-1-2-4-16)18-11-14-5-8-23-9-6-14/h14-16H,1-13H2,(H2,18,19,20). The smallest absolute Gasteiger partial charge is 0.191 e. The Morgan fingerprint density at radius 3 is 2.46 bits per heavy atom. The van der Waals surface area contributed by atoms with Crippen LogP contribution in [0.4, 0.5) is 0 Å². The van der Waals surface area contributed by atoms with Crippen molar-refractivity contribution < 1.29 is 13.2 Å². The van der Waals surface area contributed by atoms with Gasteiger partial charge in [0, 0.05) is 32.3 Å². The second-order valence-electron chi connectivity index (χ2n) is 7.52. The van der Waals surface area contributed by atoms with Crippen LogP contribution in [0.5, 0.6) is 0 Å². The number of guanidine groups is 1. The largest absolute Gasteiger partial charge is 0.381 e. The Kier molecular flexibility index (Phi) is 6.38. The molecule has 1 saturated carbocycles. The van der Waals surface area contributed by atoms with Crippen molar-refractivity contribution in [3.8, 4) is 0 Å². The number of hydrogen-bond donors (Lipinski definition) is 2. The van der Waals surface area contributed by atoms with Gasteiger partial charge in [0.2, 0.25) is 0 Å². The molecule has 1 aliphatic carbocycles. The van der Waals surface area contributed by atoms with E-state index < -0.39 is 9.84 Å². The number of nitrogens with one attached hydrogen (secondary N) is 2. The molecule has 6 nitrogen and oxygen atoms in total. The van der Waals surface area contributed by atoms with Gasteiger partial charge in [-0.15, -0.1) is 0 Å². The van der Waals surface area contributed by atoms with Gasteiger partial charge in [-0.25, -0.2) is 8.42 Å². The first-order valence-electron chi connectivity index (χ1n) is 9.44. The summed E-state index contributed by atoms with van der Waals surface area (Å²) in [6.07, 6.45) is 7.93. The van der Waals surface area contributed by atoms with E-state index in [-0.39, 0.29) is 5.92 Å². The molecule has 2 saturated heterocycles. The Balaban J connectivity index is 1.52. The lowest BCUT2D eigenvalue weighted by molar-refractivity contribution is 0.0675. The van der Waals surface area contributed by atoms with Crippen molar-refractivity contribution in [1.82, 2.24) is 10.6 Å². The maximum Gasteiger partial charge on any atom is 0.191 e. The van der Waals surface area contributed by atoms with Gasteiger partial charge in [0.1, 0.15) is 0 Å². The van der Waals surface area contributed by atoms with Crippen molar-refractivity contribution in [1.29, 1.82) is 0 Å². The Morgan fingerprint density at radius 2 is 1.79 bits per heavy atom. The number of hydrogen-bond acceptors (Lipinski definition) is 4. The highest BCUT2D eigenvalue weighted by Gasteiger charge is 2.27. The Labute approximate surface area is 145 Å². The molecule has 7 heteroatoms. The molecule has 2 N–H and O–H groups in total. The van der Waals surface area contributed by atoms with Crippen LogP contribution in [0, 0.1) is 11.8 Å². The third-order valence-electron chi connectivity index (χ3n) is 5.43. The van der Waals surface area contributed by atoms with E-state index >= 15 is 0 Å². The van der Waals surface area contributed by atoms with E-state index in [1.165, 1.54) is 25.7 Å². The van der Waals surface area contributed by atoms with Gasteiger partial charge >= 0.3 is 0 Å². The summed E-state index contributed by atoms with van der Waals surface area (Å²) in [6.45, 7) is 3.24. The molecular weight excluding hydrogens is 326 g/mol. The van der Waals surface area contributed by atoms with E-state index in [2.05, 4.69) is 10.6 Å². The zero-order valence-electron chi connectivity index (χ0n) is 14.5. The molecule has 2 heterocycles. The van der Waals surface area contributed by atoms with E-state index in [4.69, 9.17) is 9.73 Å². The van der Waals surface area contributed by atoms with Crippen molar-refractivity contribution in [3.63, 3.8) is 0 Å². The summed E-state index contributed by atoms with van der Waals surface area (Å²) >= 11 is 0. The molecule has 0 bridgehead atoms. The zero-order valence-corrected chi connectivity index (χ0v) is 15.3. The van der Waals surface area contributed by atoms with E-state index in [9.17, 15) is 8.42 Å². The van der Waals surface area contributed by atoms with Crippen molar-refractivity contribution in [3.05, 3.63) is 0 Å². The molecule has 0 aromatic rings.